The van der Waals surface area contributed by atoms with Crippen molar-refractivity contribution in [2.45, 2.75) is 13.8 Å². The number of aromatic amines is 2. The topological polar surface area (TPSA) is 105 Å². The minimum absolute atomic E-state index is 0.0668. The highest BCUT2D eigenvalue weighted by molar-refractivity contribution is 7.17. The van der Waals surface area contributed by atoms with Gasteiger partial charge < -0.3 is 9.55 Å². The first-order chi connectivity index (χ1) is 16.0. The monoisotopic (exact) mass is 453 g/mol. The second kappa shape index (κ2) is 7.21. The maximum atomic E-state index is 11.8. The van der Waals surface area contributed by atoms with E-state index in [0.717, 1.165) is 65.7 Å². The van der Waals surface area contributed by atoms with Gasteiger partial charge in [0.2, 0.25) is 0 Å². The van der Waals surface area contributed by atoms with Gasteiger partial charge in [-0.05, 0) is 38.1 Å². The van der Waals surface area contributed by atoms with Gasteiger partial charge in [-0.15, -0.1) is 11.3 Å². The third-order valence-electron chi connectivity index (χ3n) is 5.95. The molecule has 0 aliphatic heterocycles. The van der Waals surface area contributed by atoms with E-state index in [1.165, 1.54) is 11.3 Å². The Balaban J connectivity index is 1.49. The highest BCUT2D eigenvalue weighted by atomic mass is 32.1. The summed E-state index contributed by atoms with van der Waals surface area (Å²) >= 11 is 1.48. The second-order valence-electron chi connectivity index (χ2n) is 7.99. The average molecular weight is 454 g/mol. The molecule has 2 N–H and O–H groups in total. The first-order valence-corrected chi connectivity index (χ1v) is 11.2. The zero-order valence-electron chi connectivity index (χ0n) is 18.2. The lowest BCUT2D eigenvalue weighted by Crippen LogP contribution is -1.95. The molecule has 0 unspecified atom stereocenters. The molecule has 162 valence electrons. The molecule has 0 aliphatic carbocycles. The summed E-state index contributed by atoms with van der Waals surface area (Å²) in [5.41, 5.74) is 6.23. The number of carbonyl (C=O) groups is 1. The molecule has 6 aromatic rings. The fourth-order valence-electron chi connectivity index (χ4n) is 4.05. The van der Waals surface area contributed by atoms with Crippen LogP contribution in [-0.2, 0) is 7.05 Å². The quantitative estimate of drug-likeness (QED) is 0.360. The Bertz CT molecular complexity index is 1680. The number of imidazole rings is 1. The predicted molar refractivity (Wildman–Crippen MR) is 129 cm³/mol. The molecular weight excluding hydrogens is 434 g/mol. The van der Waals surface area contributed by atoms with Crippen molar-refractivity contribution in [1.29, 1.82) is 0 Å². The molecule has 0 saturated carbocycles. The van der Waals surface area contributed by atoms with E-state index in [1.807, 2.05) is 55.3 Å². The van der Waals surface area contributed by atoms with Gasteiger partial charge in [0.25, 0.3) is 0 Å². The van der Waals surface area contributed by atoms with Crippen molar-refractivity contribution in [1.82, 2.24) is 34.7 Å². The van der Waals surface area contributed by atoms with E-state index < -0.39 is 0 Å². The van der Waals surface area contributed by atoms with E-state index in [2.05, 4.69) is 36.2 Å². The lowest BCUT2D eigenvalue weighted by Gasteiger charge is -2.03. The van der Waals surface area contributed by atoms with Crippen LogP contribution in [0.1, 0.15) is 22.4 Å². The molecule has 0 amide bonds. The average Bonchev–Trinajstić information content (AvgIpc) is 3.59. The molecule has 0 spiro atoms. The number of rotatable bonds is 4. The Morgan fingerprint density at radius 3 is 2.67 bits per heavy atom. The first kappa shape index (κ1) is 19.6. The zero-order chi connectivity index (χ0) is 22.7. The van der Waals surface area contributed by atoms with Gasteiger partial charge in [0.15, 0.2) is 5.78 Å². The van der Waals surface area contributed by atoms with Crippen LogP contribution in [0.5, 0.6) is 0 Å². The lowest BCUT2D eigenvalue weighted by molar-refractivity contribution is 0.102. The van der Waals surface area contributed by atoms with E-state index in [-0.39, 0.29) is 5.78 Å². The van der Waals surface area contributed by atoms with Gasteiger partial charge in [-0.25, -0.2) is 4.98 Å². The van der Waals surface area contributed by atoms with Crippen LogP contribution in [0.2, 0.25) is 0 Å². The van der Waals surface area contributed by atoms with Gasteiger partial charge in [0.05, 0.1) is 51.6 Å². The highest BCUT2D eigenvalue weighted by Crippen LogP contribution is 2.36. The summed E-state index contributed by atoms with van der Waals surface area (Å²) in [7, 11) is 1.98. The normalized spacial score (nSPS) is 11.6. The lowest BCUT2D eigenvalue weighted by atomic mass is 10.1. The number of ketones is 1. The van der Waals surface area contributed by atoms with Crippen LogP contribution >= 0.6 is 11.3 Å². The van der Waals surface area contributed by atoms with Crippen molar-refractivity contribution in [3.8, 4) is 33.2 Å². The third-order valence-corrected chi connectivity index (χ3v) is 7.17. The summed E-state index contributed by atoms with van der Waals surface area (Å²) < 4.78 is 2.02. The number of aromatic nitrogens is 7. The summed E-state index contributed by atoms with van der Waals surface area (Å²) in [5, 5.41) is 9.66. The molecule has 0 atom stereocenters. The molecule has 0 fully saturated rings. The summed E-state index contributed by atoms with van der Waals surface area (Å²) in [6, 6.07) is 7.96. The maximum absolute atomic E-state index is 11.8. The van der Waals surface area contributed by atoms with Gasteiger partial charge in [-0.3, -0.25) is 19.9 Å². The Labute approximate surface area is 192 Å². The van der Waals surface area contributed by atoms with Crippen LogP contribution in [0, 0.1) is 6.92 Å². The minimum Gasteiger partial charge on any atom is -0.352 e. The molecule has 0 radical (unpaired) electrons. The number of hydrogen-bond donors (Lipinski definition) is 2. The zero-order valence-corrected chi connectivity index (χ0v) is 19.0. The summed E-state index contributed by atoms with van der Waals surface area (Å²) in [6.45, 7) is 3.55. The van der Waals surface area contributed by atoms with Crippen molar-refractivity contribution in [3.05, 3.63) is 59.8 Å². The molecule has 8 nitrogen and oxygen atoms in total. The predicted octanol–water partition coefficient (Wildman–Crippen LogP) is 5.14. The van der Waals surface area contributed by atoms with Crippen LogP contribution in [-0.4, -0.2) is 40.5 Å². The maximum Gasteiger partial charge on any atom is 0.169 e. The Hall–Kier alpha value is -4.11. The van der Waals surface area contributed by atoms with Crippen molar-refractivity contribution in [3.63, 3.8) is 0 Å². The van der Waals surface area contributed by atoms with Gasteiger partial charge in [0.1, 0.15) is 11.5 Å². The van der Waals surface area contributed by atoms with E-state index in [1.54, 1.807) is 13.1 Å². The summed E-state index contributed by atoms with van der Waals surface area (Å²) in [5.74, 6) is 0.994. The fraction of sp³-hybridized carbons (Fsp3) is 0.125. The van der Waals surface area contributed by atoms with Crippen LogP contribution in [0.3, 0.4) is 0 Å². The minimum atomic E-state index is 0.0668. The molecule has 6 heterocycles. The molecule has 0 aromatic carbocycles. The van der Waals surface area contributed by atoms with Crippen LogP contribution in [0.15, 0.2) is 49.1 Å². The number of nitrogens with zero attached hydrogens (tertiary/aromatic N) is 5. The van der Waals surface area contributed by atoms with Crippen LogP contribution in [0.25, 0.3) is 55.0 Å². The number of H-pyrrole nitrogens is 2. The summed E-state index contributed by atoms with van der Waals surface area (Å²) in [6.07, 6.45) is 7.28. The molecule has 9 heteroatoms. The van der Waals surface area contributed by atoms with Gasteiger partial charge in [0, 0.05) is 34.5 Å². The van der Waals surface area contributed by atoms with Gasteiger partial charge >= 0.3 is 0 Å². The molecule has 0 aliphatic rings. The van der Waals surface area contributed by atoms with Gasteiger partial charge in [-0.1, -0.05) is 0 Å². The molecule has 0 bridgehead atoms. The fourth-order valence-corrected chi connectivity index (χ4v) is 4.97. The molecule has 6 aromatic heterocycles. The number of fused-ring (bicyclic) bond motifs is 2. The van der Waals surface area contributed by atoms with E-state index >= 15 is 0 Å². The second-order valence-corrected chi connectivity index (χ2v) is 9.07. The number of aryl methyl sites for hydroxylation is 1. The Kier molecular flexibility index (Phi) is 4.27. The number of Topliss-reactive ketones (excluding diaryl/α,β-unsaturated/α-hetero) is 1. The van der Waals surface area contributed by atoms with E-state index in [0.29, 0.717) is 0 Å². The highest BCUT2D eigenvalue weighted by Gasteiger charge is 2.17. The molecule has 6 rings (SSSR count). The van der Waals surface area contributed by atoms with Crippen LogP contribution in [0.4, 0.5) is 0 Å². The largest absolute Gasteiger partial charge is 0.352 e. The number of carbonyl (C=O) groups excluding carboxylic acids is 1. The van der Waals surface area contributed by atoms with E-state index in [4.69, 9.17) is 0 Å². The van der Waals surface area contributed by atoms with Crippen LogP contribution < -0.4 is 0 Å². The Morgan fingerprint density at radius 2 is 1.91 bits per heavy atom. The van der Waals surface area contributed by atoms with Crippen molar-refractivity contribution in [2.75, 3.05) is 0 Å². The number of thiophene rings is 1. The number of hydrogen-bond acceptors (Lipinski definition) is 6. The number of nitrogens with one attached hydrogen (secondary N) is 2. The van der Waals surface area contributed by atoms with Crippen molar-refractivity contribution < 1.29 is 4.79 Å². The first-order valence-electron chi connectivity index (χ1n) is 10.4. The Morgan fingerprint density at radius 1 is 1.03 bits per heavy atom. The van der Waals surface area contributed by atoms with E-state index in [9.17, 15) is 4.79 Å². The standard InChI is InChI=1S/C24H19N7OS/c1-12(32)22-4-5-23(33-22)16-8-25-9-19-14(16)6-18(28-19)24-15-7-17(27-10-20(15)29-30-24)21-11-26-13(2)31(21)3/h4-11,28H,1-3H3,(H,29,30). The molecule has 0 saturated heterocycles. The SMILES string of the molecule is CC(=O)c1ccc(-c2cncc3[nH]c(-c4n[nH]c5cnc(-c6cnc(C)n6C)cc45)cc23)s1. The molecular formula is C24H19N7OS. The smallest absolute Gasteiger partial charge is 0.169 e. The third kappa shape index (κ3) is 3.08. The molecule has 33 heavy (non-hydrogen) atoms. The van der Waals surface area contributed by atoms with Crippen molar-refractivity contribution in [2.24, 2.45) is 7.05 Å². The number of pyridine rings is 2. The summed E-state index contributed by atoms with van der Waals surface area (Å²) in [4.78, 5) is 30.3. The van der Waals surface area contributed by atoms with Gasteiger partial charge in [-0.2, -0.15) is 5.10 Å². The van der Waals surface area contributed by atoms with Crippen molar-refractivity contribution >= 4 is 38.9 Å².